The highest BCUT2D eigenvalue weighted by Gasteiger charge is 2.24. The fraction of sp³-hybridized carbons (Fsp3) is 0.360. The van der Waals surface area contributed by atoms with Gasteiger partial charge in [-0.3, -0.25) is 10.1 Å². The highest BCUT2D eigenvalue weighted by Crippen LogP contribution is 2.28. The van der Waals surface area contributed by atoms with Gasteiger partial charge in [0.25, 0.3) is 5.69 Å². The van der Waals surface area contributed by atoms with Crippen LogP contribution < -0.4 is 5.32 Å². The average molecular weight is 524 g/mol. The van der Waals surface area contributed by atoms with Gasteiger partial charge in [-0.15, -0.1) is 0 Å². The summed E-state index contributed by atoms with van der Waals surface area (Å²) in [7, 11) is 0. The Morgan fingerprint density at radius 2 is 1.62 bits per heavy atom. The lowest BCUT2D eigenvalue weighted by Crippen LogP contribution is -2.25. The summed E-state index contributed by atoms with van der Waals surface area (Å²) in [5.41, 5.74) is -1.03. The van der Waals surface area contributed by atoms with E-state index in [4.69, 9.17) is 0 Å². The maximum Gasteiger partial charge on any atom is 0.270 e. The first-order valence-corrected chi connectivity index (χ1v) is 11.7. The van der Waals surface area contributed by atoms with E-state index in [-0.39, 0.29) is 28.9 Å². The lowest BCUT2D eigenvalue weighted by molar-refractivity contribution is -0.384. The van der Waals surface area contributed by atoms with E-state index in [0.717, 1.165) is 38.6 Å². The van der Waals surface area contributed by atoms with Crippen LogP contribution in [0.4, 0.5) is 33.5 Å². The molecule has 0 saturated heterocycles. The first-order chi connectivity index (χ1) is 17.6. The predicted octanol–water partition coefficient (Wildman–Crippen LogP) is 6.33. The molecular weight excluding hydrogens is 497 g/mol. The second-order valence-corrected chi connectivity index (χ2v) is 8.42. The Morgan fingerprint density at radius 1 is 1.00 bits per heavy atom. The summed E-state index contributed by atoms with van der Waals surface area (Å²) in [5.74, 6) is -10.2. The van der Waals surface area contributed by atoms with Crippen molar-refractivity contribution < 1.29 is 26.9 Å². The van der Waals surface area contributed by atoms with Crippen molar-refractivity contribution in [2.24, 2.45) is 0 Å². The van der Waals surface area contributed by atoms with Gasteiger partial charge < -0.3 is 10.2 Å². The zero-order valence-corrected chi connectivity index (χ0v) is 20.5. The zero-order valence-electron chi connectivity index (χ0n) is 20.5. The van der Waals surface area contributed by atoms with Gasteiger partial charge in [0.2, 0.25) is 5.82 Å². The monoisotopic (exact) mass is 523 g/mol. The van der Waals surface area contributed by atoms with Crippen LogP contribution in [0.3, 0.4) is 0 Å². The molecule has 3 rings (SSSR count). The van der Waals surface area contributed by atoms with Gasteiger partial charge >= 0.3 is 0 Å². The van der Waals surface area contributed by atoms with Gasteiger partial charge in [-0.25, -0.2) is 31.9 Å². The van der Waals surface area contributed by atoms with E-state index in [1.165, 1.54) is 18.2 Å². The van der Waals surface area contributed by atoms with Gasteiger partial charge in [0.05, 0.1) is 16.0 Å². The van der Waals surface area contributed by atoms with E-state index >= 15 is 0 Å². The zero-order chi connectivity index (χ0) is 27.3. The molecule has 0 spiro atoms. The highest BCUT2D eigenvalue weighted by atomic mass is 19.2. The van der Waals surface area contributed by atoms with Crippen LogP contribution in [0.1, 0.15) is 45.0 Å². The van der Waals surface area contributed by atoms with E-state index in [9.17, 15) is 32.1 Å². The summed E-state index contributed by atoms with van der Waals surface area (Å²) < 4.78 is 68.6. The molecule has 0 radical (unpaired) electrons. The maximum atomic E-state index is 14.1. The molecule has 0 amide bonds. The molecular formula is C25H26F5N5O2. The molecule has 0 saturated carbocycles. The van der Waals surface area contributed by atoms with Gasteiger partial charge in [0.1, 0.15) is 5.82 Å². The minimum Gasteiger partial charge on any atom is -0.367 e. The molecule has 198 valence electrons. The molecule has 2 aromatic carbocycles. The number of nitrogens with one attached hydrogen (secondary N) is 1. The number of anilines is 1. The fourth-order valence-corrected chi connectivity index (χ4v) is 3.83. The van der Waals surface area contributed by atoms with Crippen LogP contribution in [0, 0.1) is 39.2 Å². The first-order valence-electron chi connectivity index (χ1n) is 11.7. The number of hydrogen-bond donors (Lipinski definition) is 1. The Kier molecular flexibility index (Phi) is 9.09. The van der Waals surface area contributed by atoms with E-state index in [2.05, 4.69) is 34.0 Å². The van der Waals surface area contributed by atoms with E-state index in [1.807, 2.05) is 6.92 Å². The van der Waals surface area contributed by atoms with E-state index < -0.39 is 39.6 Å². The maximum absolute atomic E-state index is 14.1. The molecule has 0 aliphatic carbocycles. The molecule has 3 aromatic rings. The molecule has 0 unspecified atom stereocenters. The van der Waals surface area contributed by atoms with Crippen LogP contribution in [0.2, 0.25) is 0 Å². The Labute approximate surface area is 210 Å². The standard InChI is InChI=1S/C25H26F5N5O2/c1-4-34(5-2)12-6-7-14(3)31-25-17-13-15(35(36)37)8-10-18(17)32-19(33-25)11-9-16-20(26)22(28)24(30)23(29)21(16)27/h8-11,13-14H,4-7,12H2,1-3H3,(H,31,32,33)/b11-9+/t14-/m1/s1. The van der Waals surface area contributed by atoms with Crippen molar-refractivity contribution in [1.82, 2.24) is 14.9 Å². The van der Waals surface area contributed by atoms with Crippen molar-refractivity contribution in [3.8, 4) is 0 Å². The van der Waals surface area contributed by atoms with Crippen LogP contribution in [-0.4, -0.2) is 45.5 Å². The summed E-state index contributed by atoms with van der Waals surface area (Å²) in [6.45, 7) is 8.82. The van der Waals surface area contributed by atoms with Crippen molar-refractivity contribution in [1.29, 1.82) is 0 Å². The largest absolute Gasteiger partial charge is 0.367 e. The normalized spacial score (nSPS) is 12.6. The number of fused-ring (bicyclic) bond motifs is 1. The summed E-state index contributed by atoms with van der Waals surface area (Å²) in [5, 5.41) is 14.8. The molecule has 0 aliphatic heterocycles. The van der Waals surface area contributed by atoms with Gasteiger partial charge in [0.15, 0.2) is 29.1 Å². The Morgan fingerprint density at radius 3 is 2.22 bits per heavy atom. The van der Waals surface area contributed by atoms with Crippen LogP contribution in [0.25, 0.3) is 23.1 Å². The molecule has 1 atom stereocenters. The number of benzene rings is 2. The van der Waals surface area contributed by atoms with E-state index in [1.54, 1.807) is 0 Å². The second-order valence-electron chi connectivity index (χ2n) is 8.42. The number of rotatable bonds is 11. The minimum atomic E-state index is -2.25. The lowest BCUT2D eigenvalue weighted by Gasteiger charge is -2.20. The molecule has 0 aliphatic rings. The van der Waals surface area contributed by atoms with Gasteiger partial charge in [-0.2, -0.15) is 0 Å². The van der Waals surface area contributed by atoms with Crippen molar-refractivity contribution in [2.45, 2.75) is 39.7 Å². The number of hydrogen-bond acceptors (Lipinski definition) is 6. The molecule has 12 heteroatoms. The summed E-state index contributed by atoms with van der Waals surface area (Å²) >= 11 is 0. The molecule has 1 aromatic heterocycles. The average Bonchev–Trinajstić information content (AvgIpc) is 2.88. The van der Waals surface area contributed by atoms with E-state index in [0.29, 0.717) is 11.5 Å². The van der Waals surface area contributed by atoms with Crippen molar-refractivity contribution in [2.75, 3.05) is 25.0 Å². The third-order valence-electron chi connectivity index (χ3n) is 5.94. The van der Waals surface area contributed by atoms with Crippen LogP contribution in [0.15, 0.2) is 18.2 Å². The van der Waals surface area contributed by atoms with Crippen LogP contribution in [-0.2, 0) is 0 Å². The number of nitro benzene ring substituents is 1. The summed E-state index contributed by atoms with van der Waals surface area (Å²) in [4.78, 5) is 21.5. The van der Waals surface area contributed by atoms with Crippen LogP contribution in [0.5, 0.6) is 0 Å². The number of halogens is 5. The minimum absolute atomic E-state index is 0.0943. The lowest BCUT2D eigenvalue weighted by atomic mass is 10.1. The quantitative estimate of drug-likeness (QED) is 0.104. The molecule has 1 heterocycles. The molecule has 0 bridgehead atoms. The molecule has 0 fully saturated rings. The third-order valence-corrected chi connectivity index (χ3v) is 5.94. The van der Waals surface area contributed by atoms with Gasteiger partial charge in [-0.05, 0) is 57.6 Å². The molecule has 1 N–H and O–H groups in total. The van der Waals surface area contributed by atoms with Crippen molar-refractivity contribution >= 4 is 34.6 Å². The number of nitrogens with zero attached hydrogens (tertiary/aromatic N) is 4. The third kappa shape index (κ3) is 6.37. The SMILES string of the molecule is CCN(CC)CCC[C@@H](C)Nc1nc(/C=C/c2c(F)c(F)c(F)c(F)c2F)nc2ccc([N+](=O)[O-])cc12. The smallest absolute Gasteiger partial charge is 0.270 e. The number of nitro groups is 1. The second kappa shape index (κ2) is 12.0. The highest BCUT2D eigenvalue weighted by molar-refractivity contribution is 5.91. The number of aromatic nitrogens is 2. The van der Waals surface area contributed by atoms with Crippen molar-refractivity contribution in [3.05, 3.63) is 68.8 Å². The van der Waals surface area contributed by atoms with Crippen LogP contribution >= 0.6 is 0 Å². The Hall–Kier alpha value is -3.67. The van der Waals surface area contributed by atoms with Crippen molar-refractivity contribution in [3.63, 3.8) is 0 Å². The van der Waals surface area contributed by atoms with Gasteiger partial charge in [0, 0.05) is 23.6 Å². The van der Waals surface area contributed by atoms with Gasteiger partial charge in [-0.1, -0.05) is 13.8 Å². The Balaban J connectivity index is 1.97. The summed E-state index contributed by atoms with van der Waals surface area (Å²) in [6.07, 6.45) is 3.34. The summed E-state index contributed by atoms with van der Waals surface area (Å²) in [6, 6.07) is 3.84. The first kappa shape index (κ1) is 27.9. The Bertz CT molecular complexity index is 1300. The number of non-ortho nitro benzene ring substituents is 1. The molecule has 7 nitrogen and oxygen atoms in total. The fourth-order valence-electron chi connectivity index (χ4n) is 3.83. The molecule has 37 heavy (non-hydrogen) atoms. The topological polar surface area (TPSA) is 84.2 Å². The predicted molar refractivity (Wildman–Crippen MR) is 131 cm³/mol.